The van der Waals surface area contributed by atoms with Gasteiger partial charge in [-0.15, -0.1) is 0 Å². The van der Waals surface area contributed by atoms with Gasteiger partial charge < -0.3 is 15.5 Å². The Balaban J connectivity index is 1.72. The summed E-state index contributed by atoms with van der Waals surface area (Å²) < 4.78 is 0. The first-order valence-corrected chi connectivity index (χ1v) is 8.63. The standard InChI is InChI=1S/C20H21N3O3/c1-2-21-20(26)16-10-6-7-11-17(16)22-19(25)14-12-18(24)23(13-14)15-8-4-3-5-9-15/h3-11,14H,2,12-13H2,1H3,(H,21,26)(H,22,25)/t14-/m1/s1. The van der Waals surface area contributed by atoms with Gasteiger partial charge in [0.05, 0.1) is 17.2 Å². The van der Waals surface area contributed by atoms with Gasteiger partial charge in [0, 0.05) is 25.2 Å². The first-order valence-electron chi connectivity index (χ1n) is 8.63. The molecule has 0 bridgehead atoms. The predicted octanol–water partition coefficient (Wildman–Crippen LogP) is 2.43. The van der Waals surface area contributed by atoms with Gasteiger partial charge >= 0.3 is 0 Å². The van der Waals surface area contributed by atoms with E-state index in [4.69, 9.17) is 0 Å². The Labute approximate surface area is 152 Å². The lowest BCUT2D eigenvalue weighted by Gasteiger charge is -2.17. The number of hydrogen-bond acceptors (Lipinski definition) is 3. The SMILES string of the molecule is CCNC(=O)c1ccccc1NC(=O)[C@@H]1CC(=O)N(c2ccccc2)C1. The Bertz CT molecular complexity index is 820. The minimum Gasteiger partial charge on any atom is -0.352 e. The molecule has 1 atom stereocenters. The number of para-hydroxylation sites is 2. The quantitative estimate of drug-likeness (QED) is 0.868. The van der Waals surface area contributed by atoms with E-state index in [1.807, 2.05) is 37.3 Å². The molecule has 2 aromatic rings. The van der Waals surface area contributed by atoms with Gasteiger partial charge in [0.2, 0.25) is 11.8 Å². The first kappa shape index (κ1) is 17.7. The number of amides is 3. The number of nitrogens with one attached hydrogen (secondary N) is 2. The second-order valence-electron chi connectivity index (χ2n) is 6.14. The number of hydrogen-bond donors (Lipinski definition) is 2. The van der Waals surface area contributed by atoms with Crippen molar-refractivity contribution >= 4 is 29.1 Å². The molecular weight excluding hydrogens is 330 g/mol. The maximum atomic E-state index is 12.6. The van der Waals surface area contributed by atoms with Crippen LogP contribution in [0.3, 0.4) is 0 Å². The van der Waals surface area contributed by atoms with Crippen LogP contribution in [-0.4, -0.2) is 30.8 Å². The smallest absolute Gasteiger partial charge is 0.253 e. The molecule has 1 aliphatic rings. The molecule has 0 unspecified atom stereocenters. The van der Waals surface area contributed by atoms with E-state index in [1.165, 1.54) is 0 Å². The van der Waals surface area contributed by atoms with Crippen molar-refractivity contribution < 1.29 is 14.4 Å². The highest BCUT2D eigenvalue weighted by Gasteiger charge is 2.35. The molecule has 1 saturated heterocycles. The Morgan fingerprint density at radius 2 is 1.77 bits per heavy atom. The maximum Gasteiger partial charge on any atom is 0.253 e. The summed E-state index contributed by atoms with van der Waals surface area (Å²) in [7, 11) is 0. The van der Waals surface area contributed by atoms with E-state index in [-0.39, 0.29) is 24.1 Å². The zero-order valence-electron chi connectivity index (χ0n) is 14.6. The molecule has 3 amide bonds. The average molecular weight is 351 g/mol. The van der Waals surface area contributed by atoms with Crippen LogP contribution in [0.1, 0.15) is 23.7 Å². The lowest BCUT2D eigenvalue weighted by molar-refractivity contribution is -0.122. The van der Waals surface area contributed by atoms with Crippen molar-refractivity contribution in [1.29, 1.82) is 0 Å². The summed E-state index contributed by atoms with van der Waals surface area (Å²) in [5.74, 6) is -1.02. The number of rotatable bonds is 5. The summed E-state index contributed by atoms with van der Waals surface area (Å²) in [6, 6.07) is 16.2. The van der Waals surface area contributed by atoms with E-state index in [0.717, 1.165) is 5.69 Å². The van der Waals surface area contributed by atoms with E-state index in [1.54, 1.807) is 29.2 Å². The minimum absolute atomic E-state index is 0.0756. The summed E-state index contributed by atoms with van der Waals surface area (Å²) >= 11 is 0. The third-order valence-corrected chi connectivity index (χ3v) is 4.33. The third-order valence-electron chi connectivity index (χ3n) is 4.33. The fraction of sp³-hybridized carbons (Fsp3) is 0.250. The van der Waals surface area contributed by atoms with Gasteiger partial charge in [-0.1, -0.05) is 30.3 Å². The molecule has 0 aliphatic carbocycles. The van der Waals surface area contributed by atoms with Crippen LogP contribution in [0.5, 0.6) is 0 Å². The first-order chi connectivity index (χ1) is 12.6. The molecule has 2 aromatic carbocycles. The molecule has 0 aromatic heterocycles. The largest absolute Gasteiger partial charge is 0.352 e. The van der Waals surface area contributed by atoms with E-state index in [2.05, 4.69) is 10.6 Å². The van der Waals surface area contributed by atoms with Crippen molar-refractivity contribution in [1.82, 2.24) is 5.32 Å². The molecule has 0 spiro atoms. The molecule has 3 rings (SSSR count). The van der Waals surface area contributed by atoms with Crippen LogP contribution < -0.4 is 15.5 Å². The van der Waals surface area contributed by atoms with Crippen molar-refractivity contribution in [2.24, 2.45) is 5.92 Å². The molecule has 1 aliphatic heterocycles. The van der Waals surface area contributed by atoms with E-state index in [0.29, 0.717) is 24.3 Å². The molecule has 6 nitrogen and oxygen atoms in total. The highest BCUT2D eigenvalue weighted by atomic mass is 16.2. The van der Waals surface area contributed by atoms with Gasteiger partial charge in [-0.25, -0.2) is 0 Å². The topological polar surface area (TPSA) is 78.5 Å². The minimum atomic E-state index is -0.454. The van der Waals surface area contributed by atoms with Crippen LogP contribution >= 0.6 is 0 Å². The second kappa shape index (κ2) is 7.82. The number of nitrogens with zero attached hydrogens (tertiary/aromatic N) is 1. The molecule has 2 N–H and O–H groups in total. The molecular formula is C20H21N3O3. The fourth-order valence-corrected chi connectivity index (χ4v) is 3.02. The highest BCUT2D eigenvalue weighted by molar-refractivity contribution is 6.07. The van der Waals surface area contributed by atoms with Gasteiger partial charge in [0.15, 0.2) is 0 Å². The lowest BCUT2D eigenvalue weighted by Crippen LogP contribution is -2.29. The van der Waals surface area contributed by atoms with Crippen LogP contribution in [0, 0.1) is 5.92 Å². The Hall–Kier alpha value is -3.15. The van der Waals surface area contributed by atoms with E-state index < -0.39 is 5.92 Å². The molecule has 0 radical (unpaired) electrons. The van der Waals surface area contributed by atoms with Gasteiger partial charge in [-0.05, 0) is 31.2 Å². The van der Waals surface area contributed by atoms with Crippen LogP contribution in [0.2, 0.25) is 0 Å². The van der Waals surface area contributed by atoms with Gasteiger partial charge in [-0.3, -0.25) is 14.4 Å². The molecule has 1 fully saturated rings. The predicted molar refractivity (Wildman–Crippen MR) is 100.0 cm³/mol. The molecule has 0 saturated carbocycles. The van der Waals surface area contributed by atoms with Crippen LogP contribution in [0.25, 0.3) is 0 Å². The fourth-order valence-electron chi connectivity index (χ4n) is 3.02. The summed E-state index contributed by atoms with van der Waals surface area (Å²) in [4.78, 5) is 38.7. The van der Waals surface area contributed by atoms with E-state index >= 15 is 0 Å². The Morgan fingerprint density at radius 1 is 1.08 bits per heavy atom. The van der Waals surface area contributed by atoms with Crippen LogP contribution in [0.4, 0.5) is 11.4 Å². The Kier molecular flexibility index (Phi) is 5.31. The molecule has 6 heteroatoms. The van der Waals surface area contributed by atoms with Gasteiger partial charge in [-0.2, -0.15) is 0 Å². The zero-order chi connectivity index (χ0) is 18.5. The van der Waals surface area contributed by atoms with Crippen molar-refractivity contribution in [3.63, 3.8) is 0 Å². The molecule has 1 heterocycles. The average Bonchev–Trinajstić information content (AvgIpc) is 3.05. The van der Waals surface area contributed by atoms with Crippen LogP contribution in [-0.2, 0) is 9.59 Å². The highest BCUT2D eigenvalue weighted by Crippen LogP contribution is 2.26. The summed E-state index contributed by atoms with van der Waals surface area (Å²) in [6.45, 7) is 2.67. The van der Waals surface area contributed by atoms with Crippen molar-refractivity contribution in [2.75, 3.05) is 23.3 Å². The normalized spacial score (nSPS) is 16.4. The Morgan fingerprint density at radius 3 is 2.50 bits per heavy atom. The lowest BCUT2D eigenvalue weighted by atomic mass is 10.1. The number of anilines is 2. The summed E-state index contributed by atoms with van der Waals surface area (Å²) in [6.07, 6.45) is 0.157. The third kappa shape index (κ3) is 3.74. The van der Waals surface area contributed by atoms with Gasteiger partial charge in [0.25, 0.3) is 5.91 Å². The van der Waals surface area contributed by atoms with Crippen LogP contribution in [0.15, 0.2) is 54.6 Å². The number of benzene rings is 2. The van der Waals surface area contributed by atoms with Crippen molar-refractivity contribution in [3.8, 4) is 0 Å². The second-order valence-corrected chi connectivity index (χ2v) is 6.14. The van der Waals surface area contributed by atoms with Crippen molar-refractivity contribution in [3.05, 3.63) is 60.2 Å². The summed E-state index contributed by atoms with van der Waals surface area (Å²) in [5.41, 5.74) is 1.65. The number of carbonyl (C=O) groups is 3. The van der Waals surface area contributed by atoms with Gasteiger partial charge in [0.1, 0.15) is 0 Å². The van der Waals surface area contributed by atoms with E-state index in [9.17, 15) is 14.4 Å². The molecule has 26 heavy (non-hydrogen) atoms. The zero-order valence-corrected chi connectivity index (χ0v) is 14.6. The molecule has 134 valence electrons. The maximum absolute atomic E-state index is 12.6. The monoisotopic (exact) mass is 351 g/mol. The number of carbonyl (C=O) groups excluding carboxylic acids is 3. The van der Waals surface area contributed by atoms with Crippen molar-refractivity contribution in [2.45, 2.75) is 13.3 Å². The summed E-state index contributed by atoms with van der Waals surface area (Å²) in [5, 5.41) is 5.53.